The van der Waals surface area contributed by atoms with E-state index in [1.165, 1.54) is 13.3 Å². The third kappa shape index (κ3) is 3.49. The lowest BCUT2D eigenvalue weighted by molar-refractivity contribution is 0.0945. The smallest absolute Gasteiger partial charge is 0.255 e. The largest absolute Gasteiger partial charge is 0.481 e. The van der Waals surface area contributed by atoms with Crippen LogP contribution in [0.2, 0.25) is 0 Å². The molecule has 3 heterocycles. The van der Waals surface area contributed by atoms with E-state index in [9.17, 15) is 9.18 Å². The monoisotopic (exact) mass is 357 g/mol. The lowest BCUT2D eigenvalue weighted by Crippen LogP contribution is -2.28. The van der Waals surface area contributed by atoms with Gasteiger partial charge in [-0.3, -0.25) is 9.78 Å². The second-order valence-electron chi connectivity index (χ2n) is 5.99. The van der Waals surface area contributed by atoms with E-state index in [0.717, 1.165) is 16.8 Å². The molecule has 0 aliphatic rings. The van der Waals surface area contributed by atoms with Crippen molar-refractivity contribution < 1.29 is 13.9 Å². The number of carbonyl (C=O) groups excluding carboxylic acids is 1. The summed E-state index contributed by atoms with van der Waals surface area (Å²) in [4.78, 5) is 25.1. The van der Waals surface area contributed by atoms with Gasteiger partial charge in [-0.05, 0) is 26.0 Å². The molecule has 0 aromatic carbocycles. The Morgan fingerprint density at radius 3 is 2.92 bits per heavy atom. The molecule has 136 valence electrons. The Morgan fingerprint density at radius 2 is 2.19 bits per heavy atom. The Kier molecular flexibility index (Phi) is 5.11. The van der Waals surface area contributed by atoms with E-state index in [1.54, 1.807) is 25.6 Å². The first-order valence-corrected chi connectivity index (χ1v) is 8.21. The molecule has 7 nitrogen and oxygen atoms in total. The first-order valence-electron chi connectivity index (χ1n) is 8.21. The number of ether oxygens (including phenoxy) is 1. The molecule has 0 aliphatic heterocycles. The topological polar surface area (TPSA) is 81.9 Å². The molecule has 0 bridgehead atoms. The Bertz CT molecular complexity index is 938. The van der Waals surface area contributed by atoms with E-state index in [0.29, 0.717) is 23.5 Å². The fraction of sp³-hybridized carbons (Fsp3) is 0.333. The highest BCUT2D eigenvalue weighted by Crippen LogP contribution is 2.22. The number of fused-ring (bicyclic) bond motifs is 1. The van der Waals surface area contributed by atoms with Crippen molar-refractivity contribution in [3.05, 3.63) is 47.7 Å². The van der Waals surface area contributed by atoms with E-state index in [1.807, 2.05) is 17.6 Å². The molecule has 0 saturated heterocycles. The average Bonchev–Trinajstić information content (AvgIpc) is 3.00. The summed E-state index contributed by atoms with van der Waals surface area (Å²) < 4.78 is 20.2. The first kappa shape index (κ1) is 17.8. The maximum atomic E-state index is 13.0. The van der Waals surface area contributed by atoms with Gasteiger partial charge in [-0.15, -0.1) is 0 Å². The zero-order valence-electron chi connectivity index (χ0n) is 14.9. The highest BCUT2D eigenvalue weighted by Gasteiger charge is 2.18. The van der Waals surface area contributed by atoms with Gasteiger partial charge in [-0.1, -0.05) is 0 Å². The Labute approximate surface area is 150 Å². The Hall–Kier alpha value is -3.03. The van der Waals surface area contributed by atoms with Gasteiger partial charge in [0.25, 0.3) is 5.91 Å². The van der Waals surface area contributed by atoms with Gasteiger partial charge in [0.1, 0.15) is 18.0 Å². The fourth-order valence-electron chi connectivity index (χ4n) is 2.74. The van der Waals surface area contributed by atoms with Crippen LogP contribution in [-0.2, 0) is 6.54 Å². The van der Waals surface area contributed by atoms with Crippen LogP contribution >= 0.6 is 0 Å². The molecule has 3 aromatic heterocycles. The summed E-state index contributed by atoms with van der Waals surface area (Å²) in [5.41, 5.74) is 3.37. The minimum absolute atomic E-state index is 0.0411. The third-order valence-electron chi connectivity index (χ3n) is 4.08. The number of amides is 1. The van der Waals surface area contributed by atoms with E-state index < -0.39 is 6.17 Å². The minimum atomic E-state index is -1.11. The van der Waals surface area contributed by atoms with Crippen molar-refractivity contribution in [1.29, 1.82) is 0 Å². The number of halogens is 1. The molecular weight excluding hydrogens is 337 g/mol. The predicted molar refractivity (Wildman–Crippen MR) is 95.1 cm³/mol. The van der Waals surface area contributed by atoms with Gasteiger partial charge in [0.05, 0.1) is 30.4 Å². The van der Waals surface area contributed by atoms with Crippen LogP contribution in [0.15, 0.2) is 30.9 Å². The molecule has 3 rings (SSSR count). The summed E-state index contributed by atoms with van der Waals surface area (Å²) in [6.45, 7) is 3.67. The molecule has 8 heteroatoms. The molecule has 3 aromatic rings. The quantitative estimate of drug-likeness (QED) is 0.732. The van der Waals surface area contributed by atoms with Gasteiger partial charge >= 0.3 is 0 Å². The van der Waals surface area contributed by atoms with Crippen LogP contribution in [0.3, 0.4) is 0 Å². The molecular formula is C18H20FN5O2. The van der Waals surface area contributed by atoms with Gasteiger partial charge in [-0.25, -0.2) is 14.4 Å². The number of methoxy groups -OCH3 is 1. The van der Waals surface area contributed by atoms with E-state index in [2.05, 4.69) is 20.3 Å². The van der Waals surface area contributed by atoms with Crippen molar-refractivity contribution in [2.24, 2.45) is 0 Å². The van der Waals surface area contributed by atoms with Crippen LogP contribution in [0.4, 0.5) is 4.39 Å². The lowest BCUT2D eigenvalue weighted by atomic mass is 10.2. The molecule has 0 radical (unpaired) electrons. The normalized spacial score (nSPS) is 12.2. The zero-order chi connectivity index (χ0) is 18.7. The van der Waals surface area contributed by atoms with Crippen molar-refractivity contribution in [2.75, 3.05) is 13.7 Å². The zero-order valence-corrected chi connectivity index (χ0v) is 14.9. The van der Waals surface area contributed by atoms with Crippen LogP contribution in [0.25, 0.3) is 11.0 Å². The Morgan fingerprint density at radius 1 is 1.38 bits per heavy atom. The third-order valence-corrected chi connectivity index (χ3v) is 4.08. The molecule has 0 unspecified atom stereocenters. The molecule has 0 spiro atoms. The van der Waals surface area contributed by atoms with Crippen molar-refractivity contribution in [2.45, 2.75) is 26.6 Å². The molecule has 1 atom stereocenters. The highest BCUT2D eigenvalue weighted by molar-refractivity contribution is 6.05. The van der Waals surface area contributed by atoms with Gasteiger partial charge in [-0.2, -0.15) is 0 Å². The minimum Gasteiger partial charge on any atom is -0.481 e. The number of rotatable bonds is 6. The number of nitrogens with zero attached hydrogens (tertiary/aromatic N) is 4. The number of hydrogen-bond donors (Lipinski definition) is 1. The number of pyridine rings is 1. The van der Waals surface area contributed by atoms with Crippen LogP contribution in [0, 0.1) is 6.92 Å². The number of hydrogen-bond acceptors (Lipinski definition) is 5. The second kappa shape index (κ2) is 7.47. The summed E-state index contributed by atoms with van der Waals surface area (Å²) in [6, 6.07) is 3.68. The summed E-state index contributed by atoms with van der Waals surface area (Å²) >= 11 is 0. The molecule has 1 N–H and O–H groups in total. The number of nitrogens with one attached hydrogen (secondary N) is 1. The van der Waals surface area contributed by atoms with Gasteiger partial charge in [0.15, 0.2) is 0 Å². The maximum absolute atomic E-state index is 13.0. The van der Waals surface area contributed by atoms with E-state index >= 15 is 0 Å². The number of aromatic nitrogens is 4. The summed E-state index contributed by atoms with van der Waals surface area (Å²) in [5, 5.41) is 2.58. The van der Waals surface area contributed by atoms with Gasteiger partial charge < -0.3 is 14.6 Å². The second-order valence-corrected chi connectivity index (χ2v) is 5.99. The standard InChI is InChI=1S/C18H20FN5O2/c1-11(19)7-21-17(25)13-8-24(15-5-4-6-20-16(13)15)9-14-12(2)18(26-3)23-10-22-14/h4-6,8,10-11H,7,9H2,1-3H3,(H,21,25)/t11-/m1/s1. The van der Waals surface area contributed by atoms with E-state index in [-0.39, 0.29) is 12.5 Å². The molecule has 26 heavy (non-hydrogen) atoms. The molecule has 1 amide bonds. The number of alkyl halides is 1. The average molecular weight is 357 g/mol. The van der Waals surface area contributed by atoms with Gasteiger partial charge in [0.2, 0.25) is 5.88 Å². The molecule has 0 fully saturated rings. The van der Waals surface area contributed by atoms with Crippen LogP contribution in [0.5, 0.6) is 5.88 Å². The lowest BCUT2D eigenvalue weighted by Gasteiger charge is -2.09. The van der Waals surface area contributed by atoms with Crippen LogP contribution in [-0.4, -0.2) is 45.3 Å². The maximum Gasteiger partial charge on any atom is 0.255 e. The van der Waals surface area contributed by atoms with Crippen LogP contribution < -0.4 is 10.1 Å². The first-order chi connectivity index (χ1) is 12.5. The predicted octanol–water partition coefficient (Wildman–Crippen LogP) is 2.28. The van der Waals surface area contributed by atoms with Gasteiger partial charge in [0, 0.05) is 24.5 Å². The molecule has 0 aliphatic carbocycles. The molecule has 0 saturated carbocycles. The highest BCUT2D eigenvalue weighted by atomic mass is 19.1. The summed E-state index contributed by atoms with van der Waals surface area (Å²) in [6.07, 6.45) is 3.67. The van der Waals surface area contributed by atoms with Crippen molar-refractivity contribution in [1.82, 2.24) is 24.8 Å². The fourth-order valence-corrected chi connectivity index (χ4v) is 2.74. The van der Waals surface area contributed by atoms with Crippen LogP contribution in [0.1, 0.15) is 28.5 Å². The SMILES string of the molecule is COc1ncnc(Cn2cc(C(=O)NC[C@@H](C)F)c3ncccc32)c1C. The summed E-state index contributed by atoms with van der Waals surface area (Å²) in [7, 11) is 1.56. The van der Waals surface area contributed by atoms with Crippen molar-refractivity contribution in [3.63, 3.8) is 0 Å². The van der Waals surface area contributed by atoms with E-state index in [4.69, 9.17) is 4.74 Å². The summed E-state index contributed by atoms with van der Waals surface area (Å²) in [5.74, 6) is 0.161. The number of carbonyl (C=O) groups is 1. The Balaban J connectivity index is 1.98. The van der Waals surface area contributed by atoms with Crippen molar-refractivity contribution in [3.8, 4) is 5.88 Å². The van der Waals surface area contributed by atoms with Crippen molar-refractivity contribution >= 4 is 16.9 Å².